The molecule has 20 heavy (non-hydrogen) atoms. The van der Waals surface area contributed by atoms with E-state index in [9.17, 15) is 10.1 Å². The number of nitro benzene ring substituents is 1. The Morgan fingerprint density at radius 1 is 1.20 bits per heavy atom. The molecule has 0 bridgehead atoms. The topological polar surface area (TPSA) is 64.4 Å². The Hall–Kier alpha value is -2.40. The number of ether oxygens (including phenoxy) is 1. The highest BCUT2D eigenvalue weighted by Crippen LogP contribution is 2.31. The molecule has 3 rings (SSSR count). The highest BCUT2D eigenvalue weighted by atomic mass is 16.6. The Morgan fingerprint density at radius 3 is 2.70 bits per heavy atom. The fourth-order valence-corrected chi connectivity index (χ4v) is 2.31. The van der Waals surface area contributed by atoms with Crippen LogP contribution in [0.1, 0.15) is 17.2 Å². The number of fused-ring (bicyclic) bond motifs is 1. The minimum atomic E-state index is -0.391. The summed E-state index contributed by atoms with van der Waals surface area (Å²) in [5.74, 6) is 0.925. The number of hydrogen-bond acceptors (Lipinski definition) is 4. The third kappa shape index (κ3) is 2.48. The molecule has 0 saturated carbocycles. The lowest BCUT2D eigenvalue weighted by Gasteiger charge is -2.11. The molecule has 5 heteroatoms. The van der Waals surface area contributed by atoms with Crippen LogP contribution in [0.4, 0.5) is 5.69 Å². The van der Waals surface area contributed by atoms with Crippen molar-refractivity contribution >= 4 is 5.69 Å². The van der Waals surface area contributed by atoms with Crippen LogP contribution in [0.15, 0.2) is 48.5 Å². The Balaban J connectivity index is 1.64. The van der Waals surface area contributed by atoms with Gasteiger partial charge in [-0.25, -0.2) is 0 Å². The van der Waals surface area contributed by atoms with Crippen molar-refractivity contribution < 1.29 is 9.66 Å². The summed E-state index contributed by atoms with van der Waals surface area (Å²) < 4.78 is 5.60. The van der Waals surface area contributed by atoms with Crippen LogP contribution in [0.2, 0.25) is 0 Å². The van der Waals surface area contributed by atoms with Gasteiger partial charge in [-0.15, -0.1) is 0 Å². The van der Waals surface area contributed by atoms with Crippen LogP contribution >= 0.6 is 0 Å². The molecule has 0 fully saturated rings. The summed E-state index contributed by atoms with van der Waals surface area (Å²) in [6.45, 7) is 1.27. The minimum Gasteiger partial charge on any atom is -0.491 e. The second-order valence-corrected chi connectivity index (χ2v) is 4.71. The fourth-order valence-electron chi connectivity index (χ4n) is 2.31. The Morgan fingerprint density at radius 2 is 1.95 bits per heavy atom. The summed E-state index contributed by atoms with van der Waals surface area (Å²) in [5, 5.41) is 14.0. The number of nitro groups is 1. The molecule has 5 nitrogen and oxygen atoms in total. The summed E-state index contributed by atoms with van der Waals surface area (Å²) in [6.07, 6.45) is 0. The van der Waals surface area contributed by atoms with E-state index in [1.807, 2.05) is 18.2 Å². The zero-order valence-electron chi connectivity index (χ0n) is 10.8. The maximum absolute atomic E-state index is 10.6. The molecule has 1 heterocycles. The molecule has 0 radical (unpaired) electrons. The quantitative estimate of drug-likeness (QED) is 0.685. The average molecular weight is 270 g/mol. The SMILES string of the molecule is O=[N+]([O-])c1ccc(CNC2COc3ccccc32)cc1. The van der Waals surface area contributed by atoms with E-state index in [0.717, 1.165) is 16.9 Å². The Labute approximate surface area is 116 Å². The molecule has 2 aromatic carbocycles. The molecule has 0 aliphatic carbocycles. The zero-order chi connectivity index (χ0) is 13.9. The Kier molecular flexibility index (Phi) is 3.35. The smallest absolute Gasteiger partial charge is 0.269 e. The minimum absolute atomic E-state index is 0.114. The van der Waals surface area contributed by atoms with Crippen molar-refractivity contribution in [2.75, 3.05) is 6.61 Å². The van der Waals surface area contributed by atoms with E-state index in [4.69, 9.17) is 4.74 Å². The van der Waals surface area contributed by atoms with Gasteiger partial charge >= 0.3 is 0 Å². The summed E-state index contributed by atoms with van der Waals surface area (Å²) in [4.78, 5) is 10.2. The van der Waals surface area contributed by atoms with Gasteiger partial charge in [-0.2, -0.15) is 0 Å². The van der Waals surface area contributed by atoms with Crippen LogP contribution in [0.5, 0.6) is 5.75 Å². The normalized spacial score (nSPS) is 16.5. The third-order valence-electron chi connectivity index (χ3n) is 3.40. The molecule has 0 saturated heterocycles. The number of non-ortho nitro benzene ring substituents is 1. The fraction of sp³-hybridized carbons (Fsp3) is 0.200. The highest BCUT2D eigenvalue weighted by Gasteiger charge is 2.22. The van der Waals surface area contributed by atoms with E-state index in [0.29, 0.717) is 13.2 Å². The van der Waals surface area contributed by atoms with E-state index in [1.165, 1.54) is 12.1 Å². The van der Waals surface area contributed by atoms with Gasteiger partial charge in [0.15, 0.2) is 0 Å². The molecule has 1 atom stereocenters. The number of benzene rings is 2. The standard InChI is InChI=1S/C15H14N2O3/c18-17(19)12-7-5-11(6-8-12)9-16-14-10-20-15-4-2-1-3-13(14)15/h1-8,14,16H,9-10H2. The lowest BCUT2D eigenvalue weighted by molar-refractivity contribution is -0.384. The molecular formula is C15H14N2O3. The van der Waals surface area contributed by atoms with Crippen molar-refractivity contribution in [2.24, 2.45) is 0 Å². The van der Waals surface area contributed by atoms with E-state index >= 15 is 0 Å². The molecular weight excluding hydrogens is 256 g/mol. The zero-order valence-corrected chi connectivity index (χ0v) is 10.8. The highest BCUT2D eigenvalue weighted by molar-refractivity contribution is 5.39. The van der Waals surface area contributed by atoms with Crippen LogP contribution in [0.3, 0.4) is 0 Å². The molecule has 2 aromatic rings. The maximum Gasteiger partial charge on any atom is 0.269 e. The van der Waals surface area contributed by atoms with Gasteiger partial charge in [0.05, 0.1) is 11.0 Å². The van der Waals surface area contributed by atoms with Gasteiger partial charge in [0, 0.05) is 24.2 Å². The van der Waals surface area contributed by atoms with Gasteiger partial charge in [-0.05, 0) is 11.6 Å². The number of nitrogens with one attached hydrogen (secondary N) is 1. The van der Waals surface area contributed by atoms with Gasteiger partial charge in [0.25, 0.3) is 5.69 Å². The summed E-state index contributed by atoms with van der Waals surface area (Å²) >= 11 is 0. The third-order valence-corrected chi connectivity index (χ3v) is 3.40. The maximum atomic E-state index is 10.6. The predicted octanol–water partition coefficient (Wildman–Crippen LogP) is 2.82. The van der Waals surface area contributed by atoms with Gasteiger partial charge < -0.3 is 10.1 Å². The second-order valence-electron chi connectivity index (χ2n) is 4.71. The van der Waals surface area contributed by atoms with Gasteiger partial charge in [-0.3, -0.25) is 10.1 Å². The van der Waals surface area contributed by atoms with Crippen LogP contribution in [-0.2, 0) is 6.54 Å². The largest absolute Gasteiger partial charge is 0.491 e. The first-order chi connectivity index (χ1) is 9.74. The summed E-state index contributed by atoms with van der Waals surface area (Å²) in [6, 6.07) is 14.7. The van der Waals surface area contributed by atoms with Gasteiger partial charge in [0.1, 0.15) is 12.4 Å². The monoisotopic (exact) mass is 270 g/mol. The van der Waals surface area contributed by atoms with Gasteiger partial charge in [-0.1, -0.05) is 30.3 Å². The predicted molar refractivity (Wildman–Crippen MR) is 74.6 cm³/mol. The molecule has 0 spiro atoms. The van der Waals surface area contributed by atoms with E-state index in [1.54, 1.807) is 12.1 Å². The van der Waals surface area contributed by atoms with Crippen molar-refractivity contribution in [1.82, 2.24) is 5.32 Å². The molecule has 0 amide bonds. The van der Waals surface area contributed by atoms with Gasteiger partial charge in [0.2, 0.25) is 0 Å². The van der Waals surface area contributed by atoms with Crippen molar-refractivity contribution in [3.63, 3.8) is 0 Å². The molecule has 102 valence electrons. The summed E-state index contributed by atoms with van der Waals surface area (Å²) in [7, 11) is 0. The number of nitrogens with zero attached hydrogens (tertiary/aromatic N) is 1. The van der Waals surface area contributed by atoms with Crippen molar-refractivity contribution in [2.45, 2.75) is 12.6 Å². The van der Waals surface area contributed by atoms with E-state index < -0.39 is 4.92 Å². The van der Waals surface area contributed by atoms with Crippen LogP contribution < -0.4 is 10.1 Å². The van der Waals surface area contributed by atoms with Crippen molar-refractivity contribution in [3.05, 3.63) is 69.8 Å². The first-order valence-electron chi connectivity index (χ1n) is 6.42. The molecule has 1 aliphatic heterocycles. The number of hydrogen-bond donors (Lipinski definition) is 1. The summed E-state index contributed by atoms with van der Waals surface area (Å²) in [5.41, 5.74) is 2.29. The van der Waals surface area contributed by atoms with Crippen LogP contribution in [0.25, 0.3) is 0 Å². The molecule has 0 aromatic heterocycles. The lowest BCUT2D eigenvalue weighted by atomic mass is 10.1. The Bertz CT molecular complexity index is 625. The molecule has 1 unspecified atom stereocenters. The van der Waals surface area contributed by atoms with E-state index in [2.05, 4.69) is 11.4 Å². The van der Waals surface area contributed by atoms with Crippen LogP contribution in [0, 0.1) is 10.1 Å². The van der Waals surface area contributed by atoms with Crippen LogP contribution in [-0.4, -0.2) is 11.5 Å². The average Bonchev–Trinajstić information content (AvgIpc) is 2.89. The van der Waals surface area contributed by atoms with Crippen molar-refractivity contribution in [3.8, 4) is 5.75 Å². The van der Waals surface area contributed by atoms with Crippen molar-refractivity contribution in [1.29, 1.82) is 0 Å². The first kappa shape index (κ1) is 12.6. The number of para-hydroxylation sites is 1. The molecule has 1 aliphatic rings. The lowest BCUT2D eigenvalue weighted by Crippen LogP contribution is -2.21. The second kappa shape index (κ2) is 5.30. The van der Waals surface area contributed by atoms with E-state index in [-0.39, 0.29) is 11.7 Å². The first-order valence-corrected chi connectivity index (χ1v) is 6.42. The molecule has 1 N–H and O–H groups in total. The number of rotatable bonds is 4.